The van der Waals surface area contributed by atoms with Gasteiger partial charge in [0.1, 0.15) is 11.8 Å². The van der Waals surface area contributed by atoms with Crippen LogP contribution in [0.25, 0.3) is 0 Å². The van der Waals surface area contributed by atoms with Crippen LogP contribution in [-0.2, 0) is 9.53 Å². The van der Waals surface area contributed by atoms with Gasteiger partial charge in [-0.1, -0.05) is 0 Å². The number of nitrogens with zero attached hydrogens (tertiary/aromatic N) is 2. The van der Waals surface area contributed by atoms with Crippen LogP contribution in [0.3, 0.4) is 0 Å². The SMILES string of the molecule is COc1ccc(N2CCN(C(=O)OC(C)C)[C@H](C)C2=O)cc1. The summed E-state index contributed by atoms with van der Waals surface area (Å²) in [6.45, 7) is 6.20. The number of ether oxygens (including phenoxy) is 2. The zero-order valence-electron chi connectivity index (χ0n) is 13.4. The Bertz CT molecular complexity index is 542. The van der Waals surface area contributed by atoms with Crippen LogP contribution in [0, 0.1) is 0 Å². The number of carbonyl (C=O) groups excluding carboxylic acids is 2. The van der Waals surface area contributed by atoms with Gasteiger partial charge in [0.05, 0.1) is 13.2 Å². The standard InChI is InChI=1S/C16H22N2O4/c1-11(2)22-16(20)17-9-10-18(15(19)12(17)3)13-5-7-14(21-4)8-6-13/h5-8,11-12H,9-10H2,1-4H3/t12-/m1/s1. The van der Waals surface area contributed by atoms with Crippen LogP contribution in [0.15, 0.2) is 24.3 Å². The number of piperazine rings is 1. The highest BCUT2D eigenvalue weighted by atomic mass is 16.6. The van der Waals surface area contributed by atoms with E-state index in [1.165, 1.54) is 4.90 Å². The third-order valence-corrected chi connectivity index (χ3v) is 3.61. The topological polar surface area (TPSA) is 59.1 Å². The molecule has 0 bridgehead atoms. The summed E-state index contributed by atoms with van der Waals surface area (Å²) < 4.78 is 10.3. The van der Waals surface area contributed by atoms with Crippen molar-refractivity contribution in [1.82, 2.24) is 4.90 Å². The Kier molecular flexibility index (Phi) is 4.90. The van der Waals surface area contributed by atoms with Crippen LogP contribution in [-0.4, -0.2) is 49.2 Å². The van der Waals surface area contributed by atoms with E-state index < -0.39 is 12.1 Å². The van der Waals surface area contributed by atoms with Gasteiger partial charge >= 0.3 is 6.09 Å². The second-order valence-corrected chi connectivity index (χ2v) is 5.49. The van der Waals surface area contributed by atoms with Crippen LogP contribution >= 0.6 is 0 Å². The van der Waals surface area contributed by atoms with Gasteiger partial charge in [-0.3, -0.25) is 9.69 Å². The molecular formula is C16H22N2O4. The predicted molar refractivity (Wildman–Crippen MR) is 83.1 cm³/mol. The molecule has 1 heterocycles. The van der Waals surface area contributed by atoms with Crippen molar-refractivity contribution in [3.8, 4) is 5.75 Å². The molecule has 1 aromatic carbocycles. The molecule has 0 aliphatic carbocycles. The number of methoxy groups -OCH3 is 1. The average molecular weight is 306 g/mol. The number of amides is 2. The average Bonchev–Trinajstić information content (AvgIpc) is 2.49. The Balaban J connectivity index is 2.09. The first-order chi connectivity index (χ1) is 10.4. The molecule has 2 rings (SSSR count). The lowest BCUT2D eigenvalue weighted by Gasteiger charge is -2.38. The molecule has 1 aromatic rings. The van der Waals surface area contributed by atoms with Gasteiger partial charge in [-0.15, -0.1) is 0 Å². The van der Waals surface area contributed by atoms with E-state index in [4.69, 9.17) is 9.47 Å². The molecule has 120 valence electrons. The second kappa shape index (κ2) is 6.68. The quantitative estimate of drug-likeness (QED) is 0.859. The fourth-order valence-corrected chi connectivity index (χ4v) is 2.41. The second-order valence-electron chi connectivity index (χ2n) is 5.49. The third kappa shape index (κ3) is 3.32. The maximum absolute atomic E-state index is 12.5. The summed E-state index contributed by atoms with van der Waals surface area (Å²) in [7, 11) is 1.60. The minimum absolute atomic E-state index is 0.114. The summed E-state index contributed by atoms with van der Waals surface area (Å²) in [6.07, 6.45) is -0.639. The highest BCUT2D eigenvalue weighted by Crippen LogP contribution is 2.23. The smallest absolute Gasteiger partial charge is 0.410 e. The monoisotopic (exact) mass is 306 g/mol. The molecular weight excluding hydrogens is 284 g/mol. The van der Waals surface area contributed by atoms with Crippen LogP contribution in [0.1, 0.15) is 20.8 Å². The first-order valence-electron chi connectivity index (χ1n) is 7.36. The van der Waals surface area contributed by atoms with E-state index in [1.807, 2.05) is 24.3 Å². The molecule has 0 N–H and O–H groups in total. The summed E-state index contributed by atoms with van der Waals surface area (Å²) in [5, 5.41) is 0. The van der Waals surface area contributed by atoms with Crippen molar-refractivity contribution >= 4 is 17.7 Å². The molecule has 0 saturated carbocycles. The van der Waals surface area contributed by atoms with Crippen molar-refractivity contribution < 1.29 is 19.1 Å². The molecule has 0 unspecified atom stereocenters. The zero-order valence-corrected chi connectivity index (χ0v) is 13.4. The molecule has 1 saturated heterocycles. The Morgan fingerprint density at radius 3 is 2.41 bits per heavy atom. The number of benzene rings is 1. The molecule has 6 heteroatoms. The maximum Gasteiger partial charge on any atom is 0.410 e. The van der Waals surface area contributed by atoms with Crippen molar-refractivity contribution in [2.24, 2.45) is 0 Å². The van der Waals surface area contributed by atoms with Crippen LogP contribution in [0.4, 0.5) is 10.5 Å². The summed E-state index contributed by atoms with van der Waals surface area (Å²) >= 11 is 0. The van der Waals surface area contributed by atoms with Gasteiger partial charge in [0, 0.05) is 18.8 Å². The first-order valence-corrected chi connectivity index (χ1v) is 7.36. The lowest BCUT2D eigenvalue weighted by atomic mass is 10.1. The van der Waals surface area contributed by atoms with E-state index in [9.17, 15) is 9.59 Å². The molecule has 1 aliphatic heterocycles. The van der Waals surface area contributed by atoms with Gasteiger partial charge in [-0.05, 0) is 45.0 Å². The Labute approximate surface area is 130 Å². The Morgan fingerprint density at radius 2 is 1.86 bits per heavy atom. The number of hydrogen-bond donors (Lipinski definition) is 0. The van der Waals surface area contributed by atoms with Crippen molar-refractivity contribution in [2.45, 2.75) is 32.9 Å². The highest BCUT2D eigenvalue weighted by Gasteiger charge is 2.36. The fourth-order valence-electron chi connectivity index (χ4n) is 2.41. The lowest BCUT2D eigenvalue weighted by molar-refractivity contribution is -0.124. The van der Waals surface area contributed by atoms with Gasteiger partial charge in [0.25, 0.3) is 0 Å². The van der Waals surface area contributed by atoms with E-state index in [0.717, 1.165) is 11.4 Å². The number of hydrogen-bond acceptors (Lipinski definition) is 4. The molecule has 1 aliphatic rings. The van der Waals surface area contributed by atoms with Gasteiger partial charge in [0.15, 0.2) is 0 Å². The molecule has 0 radical (unpaired) electrons. The third-order valence-electron chi connectivity index (χ3n) is 3.61. The van der Waals surface area contributed by atoms with Gasteiger partial charge in [0.2, 0.25) is 5.91 Å². The Hall–Kier alpha value is -2.24. The molecule has 0 aromatic heterocycles. The molecule has 22 heavy (non-hydrogen) atoms. The Morgan fingerprint density at radius 1 is 1.23 bits per heavy atom. The van der Waals surface area contributed by atoms with Gasteiger partial charge in [-0.25, -0.2) is 4.79 Å². The molecule has 1 fully saturated rings. The van der Waals surface area contributed by atoms with Crippen LogP contribution < -0.4 is 9.64 Å². The first kappa shape index (κ1) is 16.1. The van der Waals surface area contributed by atoms with Crippen LogP contribution in [0.2, 0.25) is 0 Å². The molecule has 6 nitrogen and oxygen atoms in total. The summed E-state index contributed by atoms with van der Waals surface area (Å²) in [4.78, 5) is 27.7. The van der Waals surface area contributed by atoms with Crippen molar-refractivity contribution in [3.05, 3.63) is 24.3 Å². The van der Waals surface area contributed by atoms with Crippen molar-refractivity contribution in [3.63, 3.8) is 0 Å². The molecule has 2 amide bonds. The normalized spacial score (nSPS) is 18.6. The lowest BCUT2D eigenvalue weighted by Crippen LogP contribution is -2.58. The minimum Gasteiger partial charge on any atom is -0.497 e. The van der Waals surface area contributed by atoms with Crippen molar-refractivity contribution in [2.75, 3.05) is 25.1 Å². The number of anilines is 1. The van der Waals surface area contributed by atoms with E-state index in [0.29, 0.717) is 13.1 Å². The molecule has 1 atom stereocenters. The summed E-state index contributed by atoms with van der Waals surface area (Å²) in [5.74, 6) is 0.625. The molecule has 0 spiro atoms. The largest absolute Gasteiger partial charge is 0.497 e. The van der Waals surface area contributed by atoms with Crippen LogP contribution in [0.5, 0.6) is 5.75 Å². The van der Waals surface area contributed by atoms with E-state index in [-0.39, 0.29) is 12.0 Å². The van der Waals surface area contributed by atoms with Gasteiger partial charge < -0.3 is 14.4 Å². The van der Waals surface area contributed by atoms with E-state index >= 15 is 0 Å². The van der Waals surface area contributed by atoms with Crippen molar-refractivity contribution in [1.29, 1.82) is 0 Å². The van der Waals surface area contributed by atoms with E-state index in [2.05, 4.69) is 0 Å². The maximum atomic E-state index is 12.5. The number of rotatable bonds is 3. The minimum atomic E-state index is -0.540. The predicted octanol–water partition coefficient (Wildman–Crippen LogP) is 2.28. The number of carbonyl (C=O) groups is 2. The van der Waals surface area contributed by atoms with E-state index in [1.54, 1.807) is 32.8 Å². The zero-order chi connectivity index (χ0) is 16.3. The highest BCUT2D eigenvalue weighted by molar-refractivity contribution is 5.99. The fraction of sp³-hybridized carbons (Fsp3) is 0.500. The summed E-state index contributed by atoms with van der Waals surface area (Å²) in [5.41, 5.74) is 0.800. The van der Waals surface area contributed by atoms with Gasteiger partial charge in [-0.2, -0.15) is 0 Å². The summed E-state index contributed by atoms with van der Waals surface area (Å²) in [6, 6.07) is 6.76.